The molecule has 0 bridgehead atoms. The molecule has 0 aliphatic heterocycles. The van der Waals surface area contributed by atoms with Crippen LogP contribution < -0.4 is 0 Å². The molecule has 0 atom stereocenters. The molecule has 1 aliphatic rings. The van der Waals surface area contributed by atoms with Gasteiger partial charge in [-0.25, -0.2) is 0 Å². The van der Waals surface area contributed by atoms with Gasteiger partial charge in [-0.1, -0.05) is 28.1 Å². The minimum Gasteiger partial charge on any atom is -0.359 e. The number of hydrogen-bond donors (Lipinski definition) is 0. The Labute approximate surface area is 98.7 Å². The molecule has 15 heavy (non-hydrogen) atoms. The molecule has 82 valence electrons. The molecule has 0 radical (unpaired) electrons. The van der Waals surface area contributed by atoms with Crippen molar-refractivity contribution in [3.05, 3.63) is 34.3 Å². The van der Waals surface area contributed by atoms with Gasteiger partial charge in [-0.15, -0.1) is 0 Å². The average Bonchev–Trinajstić information content (AvgIpc) is 3.00. The minimum absolute atomic E-state index is 0.263. The number of benzene rings is 1. The summed E-state index contributed by atoms with van der Waals surface area (Å²) in [6.07, 6.45) is 2.44. The highest BCUT2D eigenvalue weighted by atomic mass is 79.9. The highest BCUT2D eigenvalue weighted by Crippen LogP contribution is 2.48. The van der Waals surface area contributed by atoms with Crippen molar-refractivity contribution in [1.29, 1.82) is 0 Å². The third kappa shape index (κ3) is 2.60. The molecule has 1 saturated carbocycles. The molecule has 2 rings (SSSR count). The molecule has 1 fully saturated rings. The topological polar surface area (TPSA) is 18.5 Å². The van der Waals surface area contributed by atoms with Crippen LogP contribution in [0.15, 0.2) is 28.7 Å². The van der Waals surface area contributed by atoms with Gasteiger partial charge < -0.3 is 9.47 Å². The lowest BCUT2D eigenvalue weighted by atomic mass is 9.97. The Kier molecular flexibility index (Phi) is 3.44. The van der Waals surface area contributed by atoms with Gasteiger partial charge in [0.1, 0.15) is 6.79 Å². The van der Waals surface area contributed by atoms with Gasteiger partial charge in [-0.05, 0) is 30.5 Å². The van der Waals surface area contributed by atoms with E-state index in [4.69, 9.17) is 9.47 Å². The molecular formula is C12H15BrO2. The molecule has 0 unspecified atom stereocenters. The monoisotopic (exact) mass is 270 g/mol. The van der Waals surface area contributed by atoms with E-state index in [1.54, 1.807) is 7.11 Å². The molecule has 2 nitrogen and oxygen atoms in total. The third-order valence-electron chi connectivity index (χ3n) is 2.89. The maximum absolute atomic E-state index is 5.46. The van der Waals surface area contributed by atoms with Crippen molar-refractivity contribution in [2.45, 2.75) is 18.3 Å². The van der Waals surface area contributed by atoms with E-state index < -0.39 is 0 Å². The zero-order chi connectivity index (χ0) is 10.7. The van der Waals surface area contributed by atoms with Gasteiger partial charge in [-0.2, -0.15) is 0 Å². The van der Waals surface area contributed by atoms with Crippen LogP contribution in [0.4, 0.5) is 0 Å². The van der Waals surface area contributed by atoms with Crippen molar-refractivity contribution < 1.29 is 9.47 Å². The van der Waals surface area contributed by atoms with Crippen molar-refractivity contribution in [2.24, 2.45) is 0 Å². The first-order valence-corrected chi connectivity index (χ1v) is 5.89. The predicted octanol–water partition coefficient (Wildman–Crippen LogP) is 3.10. The van der Waals surface area contributed by atoms with E-state index in [-0.39, 0.29) is 5.41 Å². The lowest BCUT2D eigenvalue weighted by Crippen LogP contribution is -2.16. The Morgan fingerprint density at radius 3 is 2.47 bits per heavy atom. The Morgan fingerprint density at radius 2 is 1.93 bits per heavy atom. The Morgan fingerprint density at radius 1 is 1.27 bits per heavy atom. The zero-order valence-corrected chi connectivity index (χ0v) is 10.4. The molecule has 0 aromatic heterocycles. The van der Waals surface area contributed by atoms with Crippen LogP contribution in [0.25, 0.3) is 0 Å². The normalized spacial score (nSPS) is 17.7. The largest absolute Gasteiger partial charge is 0.359 e. The molecule has 1 aromatic carbocycles. The summed E-state index contributed by atoms with van der Waals surface area (Å²) in [5.41, 5.74) is 1.64. The van der Waals surface area contributed by atoms with Gasteiger partial charge in [0.2, 0.25) is 0 Å². The summed E-state index contributed by atoms with van der Waals surface area (Å²) in [7, 11) is 1.65. The molecule has 1 aliphatic carbocycles. The summed E-state index contributed by atoms with van der Waals surface area (Å²) in [6.45, 7) is 1.15. The van der Waals surface area contributed by atoms with E-state index in [2.05, 4.69) is 40.2 Å². The summed E-state index contributed by atoms with van der Waals surface area (Å²) >= 11 is 3.45. The fourth-order valence-corrected chi connectivity index (χ4v) is 2.06. The lowest BCUT2D eigenvalue weighted by Gasteiger charge is -2.15. The van der Waals surface area contributed by atoms with Gasteiger partial charge in [0.15, 0.2) is 0 Å². The highest BCUT2D eigenvalue weighted by Gasteiger charge is 2.44. The molecule has 3 heteroatoms. The van der Waals surface area contributed by atoms with Crippen LogP contribution in [0.5, 0.6) is 0 Å². The third-order valence-corrected chi connectivity index (χ3v) is 3.42. The SMILES string of the molecule is COCOCC1(c2ccc(Br)cc2)CC1. The Balaban J connectivity index is 1.99. The van der Waals surface area contributed by atoms with Crippen molar-refractivity contribution in [2.75, 3.05) is 20.5 Å². The van der Waals surface area contributed by atoms with Gasteiger partial charge in [-0.3, -0.25) is 0 Å². The first-order valence-electron chi connectivity index (χ1n) is 5.10. The van der Waals surface area contributed by atoms with Crippen LogP contribution in [0.2, 0.25) is 0 Å². The predicted molar refractivity (Wildman–Crippen MR) is 62.9 cm³/mol. The van der Waals surface area contributed by atoms with Crippen molar-refractivity contribution in [1.82, 2.24) is 0 Å². The van der Waals surface area contributed by atoms with Gasteiger partial charge in [0, 0.05) is 17.0 Å². The standard InChI is InChI=1S/C12H15BrO2/c1-14-9-15-8-12(6-7-12)10-2-4-11(13)5-3-10/h2-5H,6-9H2,1H3. The van der Waals surface area contributed by atoms with E-state index in [0.717, 1.165) is 11.1 Å². The second kappa shape index (κ2) is 4.64. The van der Waals surface area contributed by atoms with Gasteiger partial charge in [0.25, 0.3) is 0 Å². The second-order valence-electron chi connectivity index (χ2n) is 4.04. The molecule has 0 heterocycles. The molecule has 0 saturated heterocycles. The molecule has 0 amide bonds. The van der Waals surface area contributed by atoms with Gasteiger partial charge in [0.05, 0.1) is 6.61 Å². The number of hydrogen-bond acceptors (Lipinski definition) is 2. The van der Waals surface area contributed by atoms with Crippen LogP contribution in [-0.4, -0.2) is 20.5 Å². The van der Waals surface area contributed by atoms with Gasteiger partial charge >= 0.3 is 0 Å². The van der Waals surface area contributed by atoms with E-state index in [0.29, 0.717) is 6.79 Å². The second-order valence-corrected chi connectivity index (χ2v) is 4.96. The minimum atomic E-state index is 0.263. The first kappa shape index (κ1) is 11.1. The summed E-state index contributed by atoms with van der Waals surface area (Å²) in [4.78, 5) is 0. The number of methoxy groups -OCH3 is 1. The highest BCUT2D eigenvalue weighted by molar-refractivity contribution is 9.10. The summed E-state index contributed by atoms with van der Waals surface area (Å²) in [5.74, 6) is 0. The average molecular weight is 271 g/mol. The van der Waals surface area contributed by atoms with Crippen LogP contribution >= 0.6 is 15.9 Å². The summed E-state index contributed by atoms with van der Waals surface area (Å²) in [6, 6.07) is 8.53. The molecular weight excluding hydrogens is 256 g/mol. The first-order chi connectivity index (χ1) is 7.27. The lowest BCUT2D eigenvalue weighted by molar-refractivity contribution is -0.0384. The van der Waals surface area contributed by atoms with Crippen LogP contribution in [0.3, 0.4) is 0 Å². The van der Waals surface area contributed by atoms with Crippen LogP contribution in [0.1, 0.15) is 18.4 Å². The number of ether oxygens (including phenoxy) is 2. The molecule has 0 N–H and O–H groups in total. The maximum Gasteiger partial charge on any atom is 0.146 e. The summed E-state index contributed by atoms with van der Waals surface area (Å²) < 4.78 is 11.5. The smallest absolute Gasteiger partial charge is 0.146 e. The van der Waals surface area contributed by atoms with E-state index >= 15 is 0 Å². The number of halogens is 1. The van der Waals surface area contributed by atoms with Crippen molar-refractivity contribution >= 4 is 15.9 Å². The quantitative estimate of drug-likeness (QED) is 0.605. The maximum atomic E-state index is 5.46. The van der Waals surface area contributed by atoms with Crippen LogP contribution in [0, 0.1) is 0 Å². The molecule has 1 aromatic rings. The van der Waals surface area contributed by atoms with Crippen LogP contribution in [-0.2, 0) is 14.9 Å². The number of rotatable bonds is 5. The van der Waals surface area contributed by atoms with Crippen molar-refractivity contribution in [3.8, 4) is 0 Å². The fraction of sp³-hybridized carbons (Fsp3) is 0.500. The van der Waals surface area contributed by atoms with E-state index in [1.807, 2.05) is 0 Å². The molecule has 0 spiro atoms. The summed E-state index contributed by atoms with van der Waals surface area (Å²) in [5, 5.41) is 0. The van der Waals surface area contributed by atoms with Crippen molar-refractivity contribution in [3.63, 3.8) is 0 Å². The Bertz CT molecular complexity index is 317. The fourth-order valence-electron chi connectivity index (χ4n) is 1.79. The zero-order valence-electron chi connectivity index (χ0n) is 8.83. The Hall–Kier alpha value is -0.380. The van der Waals surface area contributed by atoms with E-state index in [1.165, 1.54) is 18.4 Å². The van der Waals surface area contributed by atoms with E-state index in [9.17, 15) is 0 Å².